The maximum absolute atomic E-state index is 5.90. The summed E-state index contributed by atoms with van der Waals surface area (Å²) in [4.78, 5) is 2.34. The monoisotopic (exact) mass is 176 g/mol. The van der Waals surface area contributed by atoms with Crippen LogP contribution in [0.15, 0.2) is 18.2 Å². The number of nitrogens with two attached hydrogens (primary N) is 1. The smallest absolute Gasteiger partial charge is 0.0602 e. The molecule has 0 amide bonds. The van der Waals surface area contributed by atoms with Gasteiger partial charge in [-0.25, -0.2) is 0 Å². The standard InChI is InChI=1S/C11H16N2/c1-8-3-4-10(12)11(5-8)13-6-9(2)7-13/h3-5,9H,6-7,12H2,1-2H3. The lowest BCUT2D eigenvalue weighted by atomic mass is 10.0. The summed E-state index contributed by atoms with van der Waals surface area (Å²) in [6, 6.07) is 6.22. The average molecular weight is 176 g/mol. The minimum absolute atomic E-state index is 0.819. The van der Waals surface area contributed by atoms with Crippen molar-refractivity contribution < 1.29 is 0 Å². The van der Waals surface area contributed by atoms with Crippen LogP contribution >= 0.6 is 0 Å². The van der Waals surface area contributed by atoms with Gasteiger partial charge in [-0.05, 0) is 30.5 Å². The molecule has 0 aliphatic carbocycles. The Hall–Kier alpha value is -1.18. The molecule has 70 valence electrons. The normalized spacial score (nSPS) is 17.2. The van der Waals surface area contributed by atoms with Gasteiger partial charge in [0.2, 0.25) is 0 Å². The Balaban J connectivity index is 2.24. The molecule has 1 aliphatic rings. The first-order chi connectivity index (χ1) is 6.16. The summed E-state index contributed by atoms with van der Waals surface area (Å²) < 4.78 is 0. The minimum atomic E-state index is 0.819. The molecule has 1 saturated heterocycles. The first-order valence-electron chi connectivity index (χ1n) is 4.78. The molecular formula is C11H16N2. The summed E-state index contributed by atoms with van der Waals surface area (Å²) in [5, 5.41) is 0. The Morgan fingerprint density at radius 3 is 2.69 bits per heavy atom. The third-order valence-corrected chi connectivity index (χ3v) is 2.59. The molecule has 1 aromatic rings. The van der Waals surface area contributed by atoms with Crippen molar-refractivity contribution in [1.29, 1.82) is 0 Å². The minimum Gasteiger partial charge on any atom is -0.397 e. The lowest BCUT2D eigenvalue weighted by Crippen LogP contribution is -2.45. The quantitative estimate of drug-likeness (QED) is 0.663. The molecule has 0 spiro atoms. The van der Waals surface area contributed by atoms with Gasteiger partial charge >= 0.3 is 0 Å². The van der Waals surface area contributed by atoms with Gasteiger partial charge < -0.3 is 10.6 Å². The number of hydrogen-bond donors (Lipinski definition) is 1. The van der Waals surface area contributed by atoms with Gasteiger partial charge in [-0.3, -0.25) is 0 Å². The third-order valence-electron chi connectivity index (χ3n) is 2.59. The number of anilines is 2. The molecule has 0 atom stereocenters. The molecule has 2 nitrogen and oxygen atoms in total. The van der Waals surface area contributed by atoms with Gasteiger partial charge in [0.05, 0.1) is 11.4 Å². The number of benzene rings is 1. The molecule has 0 aromatic heterocycles. The van der Waals surface area contributed by atoms with Crippen molar-refractivity contribution >= 4 is 11.4 Å². The summed E-state index contributed by atoms with van der Waals surface area (Å²) in [5.74, 6) is 0.819. The van der Waals surface area contributed by atoms with E-state index in [1.165, 1.54) is 11.3 Å². The zero-order valence-corrected chi connectivity index (χ0v) is 8.25. The Labute approximate surface area is 79.4 Å². The lowest BCUT2D eigenvalue weighted by Gasteiger charge is -2.39. The van der Waals surface area contributed by atoms with Crippen molar-refractivity contribution in [3.8, 4) is 0 Å². The number of aryl methyl sites for hydroxylation is 1. The van der Waals surface area contributed by atoms with E-state index in [9.17, 15) is 0 Å². The van der Waals surface area contributed by atoms with Gasteiger partial charge in [-0.1, -0.05) is 13.0 Å². The van der Waals surface area contributed by atoms with E-state index in [2.05, 4.69) is 30.9 Å². The summed E-state index contributed by atoms with van der Waals surface area (Å²) in [5.41, 5.74) is 9.29. The van der Waals surface area contributed by atoms with E-state index >= 15 is 0 Å². The van der Waals surface area contributed by atoms with Crippen molar-refractivity contribution in [2.75, 3.05) is 23.7 Å². The van der Waals surface area contributed by atoms with E-state index in [0.29, 0.717) is 0 Å². The van der Waals surface area contributed by atoms with Crippen molar-refractivity contribution in [2.24, 2.45) is 5.92 Å². The van der Waals surface area contributed by atoms with Crippen molar-refractivity contribution in [1.82, 2.24) is 0 Å². The van der Waals surface area contributed by atoms with Crippen LogP contribution in [0.4, 0.5) is 11.4 Å². The molecule has 2 N–H and O–H groups in total. The second-order valence-electron chi connectivity index (χ2n) is 4.07. The van der Waals surface area contributed by atoms with Crippen LogP contribution in [-0.2, 0) is 0 Å². The van der Waals surface area contributed by atoms with Crippen molar-refractivity contribution in [3.63, 3.8) is 0 Å². The van der Waals surface area contributed by atoms with Crippen LogP contribution in [-0.4, -0.2) is 13.1 Å². The molecule has 1 aliphatic heterocycles. The molecule has 2 rings (SSSR count). The van der Waals surface area contributed by atoms with Gasteiger partial charge in [0.1, 0.15) is 0 Å². The maximum atomic E-state index is 5.90. The van der Waals surface area contributed by atoms with E-state index in [-0.39, 0.29) is 0 Å². The van der Waals surface area contributed by atoms with Crippen LogP contribution in [0.25, 0.3) is 0 Å². The van der Waals surface area contributed by atoms with Crippen LogP contribution in [0.1, 0.15) is 12.5 Å². The van der Waals surface area contributed by atoms with Gasteiger partial charge in [0.15, 0.2) is 0 Å². The highest BCUT2D eigenvalue weighted by molar-refractivity contribution is 5.69. The summed E-state index contributed by atoms with van der Waals surface area (Å²) in [7, 11) is 0. The van der Waals surface area contributed by atoms with Crippen LogP contribution in [0.3, 0.4) is 0 Å². The number of nitrogen functional groups attached to an aromatic ring is 1. The highest BCUT2D eigenvalue weighted by atomic mass is 15.2. The molecule has 13 heavy (non-hydrogen) atoms. The van der Waals surface area contributed by atoms with Gasteiger partial charge in [0.25, 0.3) is 0 Å². The van der Waals surface area contributed by atoms with E-state index in [1.807, 2.05) is 6.07 Å². The molecule has 0 radical (unpaired) electrons. The van der Waals surface area contributed by atoms with E-state index in [0.717, 1.165) is 24.7 Å². The zero-order chi connectivity index (χ0) is 9.42. The summed E-state index contributed by atoms with van der Waals surface area (Å²) in [6.45, 7) is 6.66. The van der Waals surface area contributed by atoms with E-state index < -0.39 is 0 Å². The summed E-state index contributed by atoms with van der Waals surface area (Å²) >= 11 is 0. The van der Waals surface area contributed by atoms with Crippen LogP contribution < -0.4 is 10.6 Å². The topological polar surface area (TPSA) is 29.3 Å². The van der Waals surface area contributed by atoms with E-state index in [1.54, 1.807) is 0 Å². The predicted molar refractivity (Wildman–Crippen MR) is 57.0 cm³/mol. The average Bonchev–Trinajstić information content (AvgIpc) is 2.04. The van der Waals surface area contributed by atoms with Crippen LogP contribution in [0, 0.1) is 12.8 Å². The van der Waals surface area contributed by atoms with Crippen LogP contribution in [0.2, 0.25) is 0 Å². The molecule has 1 aromatic carbocycles. The number of rotatable bonds is 1. The SMILES string of the molecule is Cc1ccc(N)c(N2CC(C)C2)c1. The Kier molecular flexibility index (Phi) is 1.91. The largest absolute Gasteiger partial charge is 0.397 e. The molecule has 1 fully saturated rings. The molecule has 0 unspecified atom stereocenters. The summed E-state index contributed by atoms with van der Waals surface area (Å²) in [6.07, 6.45) is 0. The van der Waals surface area contributed by atoms with Gasteiger partial charge in [-0.2, -0.15) is 0 Å². The molecule has 0 bridgehead atoms. The molecule has 0 saturated carbocycles. The fourth-order valence-electron chi connectivity index (χ4n) is 1.82. The Morgan fingerprint density at radius 1 is 1.38 bits per heavy atom. The second kappa shape index (κ2) is 2.95. The van der Waals surface area contributed by atoms with Crippen molar-refractivity contribution in [3.05, 3.63) is 23.8 Å². The first-order valence-corrected chi connectivity index (χ1v) is 4.78. The first kappa shape index (κ1) is 8.42. The van der Waals surface area contributed by atoms with Crippen molar-refractivity contribution in [2.45, 2.75) is 13.8 Å². The number of nitrogens with zero attached hydrogens (tertiary/aromatic N) is 1. The third kappa shape index (κ3) is 1.48. The molecule has 1 heterocycles. The second-order valence-corrected chi connectivity index (χ2v) is 4.07. The fourth-order valence-corrected chi connectivity index (χ4v) is 1.82. The lowest BCUT2D eigenvalue weighted by molar-refractivity contribution is 0.448. The Morgan fingerprint density at radius 2 is 2.08 bits per heavy atom. The Bertz CT molecular complexity index is 314. The van der Waals surface area contributed by atoms with E-state index in [4.69, 9.17) is 5.73 Å². The number of hydrogen-bond acceptors (Lipinski definition) is 2. The highest BCUT2D eigenvalue weighted by Crippen LogP contribution is 2.30. The fraction of sp³-hybridized carbons (Fsp3) is 0.455. The maximum Gasteiger partial charge on any atom is 0.0602 e. The van der Waals surface area contributed by atoms with Crippen LogP contribution in [0.5, 0.6) is 0 Å². The molecule has 2 heteroatoms. The zero-order valence-electron chi connectivity index (χ0n) is 8.25. The predicted octanol–water partition coefficient (Wildman–Crippen LogP) is 2.03. The highest BCUT2D eigenvalue weighted by Gasteiger charge is 2.23. The molecular weight excluding hydrogens is 160 g/mol. The van der Waals surface area contributed by atoms with Gasteiger partial charge in [0, 0.05) is 13.1 Å². The van der Waals surface area contributed by atoms with Gasteiger partial charge in [-0.15, -0.1) is 0 Å².